The largest absolute Gasteiger partial charge is 0.332 e. The topological polar surface area (TPSA) is 41.9 Å². The van der Waals surface area contributed by atoms with Crippen LogP contribution < -0.4 is 10.6 Å². The van der Waals surface area contributed by atoms with Crippen LogP contribution in [0.25, 0.3) is 0 Å². The number of rotatable bonds is 4. The van der Waals surface area contributed by atoms with Crippen LogP contribution in [0.4, 0.5) is 11.5 Å². The fourth-order valence-electron chi connectivity index (χ4n) is 2.26. The quantitative estimate of drug-likeness (QED) is 0.412. The number of nitrogens with zero attached hydrogens (tertiary/aromatic N) is 2. The molecule has 0 radical (unpaired) electrons. The van der Waals surface area contributed by atoms with Crippen molar-refractivity contribution >= 4 is 79.6 Å². The van der Waals surface area contributed by atoms with Crippen LogP contribution in [0, 0.1) is 0 Å². The molecule has 0 aliphatic rings. The molecule has 0 aliphatic carbocycles. The van der Waals surface area contributed by atoms with E-state index in [0.717, 1.165) is 10.0 Å². The first-order chi connectivity index (χ1) is 12.4. The molecule has 0 atom stereocenters. The van der Waals surface area contributed by atoms with E-state index >= 15 is 0 Å². The van der Waals surface area contributed by atoms with Crippen LogP contribution in [-0.4, -0.2) is 14.9 Å². The summed E-state index contributed by atoms with van der Waals surface area (Å²) in [6.45, 7) is 0.546. The van der Waals surface area contributed by atoms with Gasteiger partial charge in [-0.25, -0.2) is 0 Å². The van der Waals surface area contributed by atoms with Crippen molar-refractivity contribution in [2.75, 3.05) is 10.6 Å². The third kappa shape index (κ3) is 5.11. The summed E-state index contributed by atoms with van der Waals surface area (Å²) in [4.78, 5) is 0. The SMILES string of the molecule is S=C(Nc1cc(Cl)cc(Cl)c1)Nc1nn(Cc2ccccc2Cl)cc1Br. The molecule has 4 nitrogen and oxygen atoms in total. The van der Waals surface area contributed by atoms with E-state index in [2.05, 4.69) is 31.7 Å². The van der Waals surface area contributed by atoms with Crippen molar-refractivity contribution in [2.45, 2.75) is 6.54 Å². The highest BCUT2D eigenvalue weighted by Gasteiger charge is 2.10. The molecule has 0 bridgehead atoms. The Kier molecular flexibility index (Phi) is 6.42. The lowest BCUT2D eigenvalue weighted by atomic mass is 10.2. The lowest BCUT2D eigenvalue weighted by Gasteiger charge is -2.10. The Bertz CT molecular complexity index is 941. The molecule has 0 amide bonds. The van der Waals surface area contributed by atoms with Crippen molar-refractivity contribution in [2.24, 2.45) is 0 Å². The molecule has 9 heteroatoms. The monoisotopic (exact) mass is 488 g/mol. The first-order valence-electron chi connectivity index (χ1n) is 7.41. The first-order valence-corrected chi connectivity index (χ1v) is 9.74. The number of nitrogens with one attached hydrogen (secondary N) is 2. The highest BCUT2D eigenvalue weighted by molar-refractivity contribution is 9.10. The maximum Gasteiger partial charge on any atom is 0.176 e. The van der Waals surface area contributed by atoms with E-state index in [0.29, 0.717) is 38.2 Å². The highest BCUT2D eigenvalue weighted by atomic mass is 79.9. The molecular weight excluding hydrogens is 479 g/mol. The second kappa shape index (κ2) is 8.59. The van der Waals surface area contributed by atoms with E-state index in [4.69, 9.17) is 47.0 Å². The second-order valence-electron chi connectivity index (χ2n) is 5.35. The summed E-state index contributed by atoms with van der Waals surface area (Å²) < 4.78 is 2.55. The average Bonchev–Trinajstić information content (AvgIpc) is 2.88. The highest BCUT2D eigenvalue weighted by Crippen LogP contribution is 2.24. The van der Waals surface area contributed by atoms with Crippen LogP contribution in [0.1, 0.15) is 5.56 Å². The van der Waals surface area contributed by atoms with Crippen molar-refractivity contribution in [3.05, 3.63) is 73.8 Å². The van der Waals surface area contributed by atoms with Gasteiger partial charge in [-0.3, -0.25) is 4.68 Å². The zero-order valence-electron chi connectivity index (χ0n) is 13.1. The lowest BCUT2D eigenvalue weighted by Crippen LogP contribution is -2.19. The third-order valence-electron chi connectivity index (χ3n) is 3.36. The van der Waals surface area contributed by atoms with Gasteiger partial charge < -0.3 is 10.6 Å². The summed E-state index contributed by atoms with van der Waals surface area (Å²) >= 11 is 27.0. The van der Waals surface area contributed by atoms with Gasteiger partial charge in [0.2, 0.25) is 0 Å². The van der Waals surface area contributed by atoms with Gasteiger partial charge in [-0.1, -0.05) is 53.0 Å². The zero-order chi connectivity index (χ0) is 18.7. The van der Waals surface area contributed by atoms with Crippen molar-refractivity contribution in [1.29, 1.82) is 0 Å². The first kappa shape index (κ1) is 19.5. The molecule has 0 aliphatic heterocycles. The number of hydrogen-bond acceptors (Lipinski definition) is 2. The predicted molar refractivity (Wildman–Crippen MR) is 117 cm³/mol. The standard InChI is InChI=1S/C17H12BrCl3N4S/c18-14-9-25(8-10-3-1-2-4-15(10)21)24-16(14)23-17(26)22-13-6-11(19)5-12(20)7-13/h1-7,9H,8H2,(H2,22,23,24,26). The molecule has 134 valence electrons. The van der Waals surface area contributed by atoms with Crippen LogP contribution in [0.2, 0.25) is 15.1 Å². The Morgan fingerprint density at radius 1 is 1.08 bits per heavy atom. The molecule has 0 saturated heterocycles. The summed E-state index contributed by atoms with van der Waals surface area (Å²) in [5.41, 5.74) is 1.66. The van der Waals surface area contributed by atoms with Gasteiger partial charge in [0.25, 0.3) is 0 Å². The van der Waals surface area contributed by atoms with E-state index in [1.54, 1.807) is 22.9 Å². The van der Waals surface area contributed by atoms with Gasteiger partial charge in [0.15, 0.2) is 10.9 Å². The minimum absolute atomic E-state index is 0.368. The van der Waals surface area contributed by atoms with Gasteiger partial charge >= 0.3 is 0 Å². The van der Waals surface area contributed by atoms with E-state index < -0.39 is 0 Å². The number of hydrogen-bond donors (Lipinski definition) is 2. The van der Waals surface area contributed by atoms with Crippen LogP contribution in [-0.2, 0) is 6.54 Å². The smallest absolute Gasteiger partial charge is 0.176 e. The molecule has 1 heterocycles. The minimum atomic E-state index is 0.368. The number of benzene rings is 2. The Hall–Kier alpha value is -1.31. The Balaban J connectivity index is 1.69. The van der Waals surface area contributed by atoms with E-state index in [1.807, 2.05) is 30.5 Å². The lowest BCUT2D eigenvalue weighted by molar-refractivity contribution is 0.690. The maximum absolute atomic E-state index is 6.20. The van der Waals surface area contributed by atoms with Gasteiger partial charge in [-0.15, -0.1) is 0 Å². The fourth-order valence-corrected chi connectivity index (χ4v) is 3.61. The number of halogens is 4. The molecule has 2 N–H and O–H groups in total. The third-order valence-corrected chi connectivity index (χ3v) is 4.95. The molecule has 2 aromatic carbocycles. The van der Waals surface area contributed by atoms with E-state index in [1.165, 1.54) is 0 Å². The van der Waals surface area contributed by atoms with Crippen molar-refractivity contribution in [3.8, 4) is 0 Å². The van der Waals surface area contributed by atoms with Gasteiger partial charge in [0.1, 0.15) is 0 Å². The summed E-state index contributed by atoms with van der Waals surface area (Å²) in [6, 6.07) is 12.7. The number of aromatic nitrogens is 2. The summed E-state index contributed by atoms with van der Waals surface area (Å²) in [5.74, 6) is 0.586. The maximum atomic E-state index is 6.20. The molecule has 26 heavy (non-hydrogen) atoms. The van der Waals surface area contributed by atoms with Crippen molar-refractivity contribution in [1.82, 2.24) is 9.78 Å². The van der Waals surface area contributed by atoms with Crippen molar-refractivity contribution in [3.63, 3.8) is 0 Å². The van der Waals surface area contributed by atoms with Crippen LogP contribution in [0.3, 0.4) is 0 Å². The van der Waals surface area contributed by atoms with Gasteiger partial charge in [-0.05, 0) is 58.0 Å². The van der Waals surface area contributed by atoms with Crippen LogP contribution in [0.5, 0.6) is 0 Å². The average molecular weight is 491 g/mol. The molecule has 1 aromatic heterocycles. The normalized spacial score (nSPS) is 10.6. The van der Waals surface area contributed by atoms with Gasteiger partial charge in [0.05, 0.1) is 11.0 Å². The van der Waals surface area contributed by atoms with Crippen molar-refractivity contribution < 1.29 is 0 Å². The fraction of sp³-hybridized carbons (Fsp3) is 0.0588. The molecule has 0 spiro atoms. The number of thiocarbonyl (C=S) groups is 1. The Labute approximate surface area is 179 Å². The predicted octanol–water partition coefficient (Wildman–Crippen LogP) is 6.46. The van der Waals surface area contributed by atoms with Crippen LogP contribution >= 0.6 is 63.0 Å². The molecule has 3 rings (SSSR count). The Morgan fingerprint density at radius 2 is 1.77 bits per heavy atom. The number of anilines is 2. The van der Waals surface area contributed by atoms with Gasteiger partial charge in [0, 0.05) is 27.0 Å². The molecule has 0 fully saturated rings. The minimum Gasteiger partial charge on any atom is -0.332 e. The van der Waals surface area contributed by atoms with Crippen LogP contribution in [0.15, 0.2) is 53.1 Å². The van der Waals surface area contributed by atoms with E-state index in [9.17, 15) is 0 Å². The molecule has 3 aromatic rings. The molecule has 0 saturated carbocycles. The molecular formula is C17H12BrCl3N4S. The van der Waals surface area contributed by atoms with Gasteiger partial charge in [-0.2, -0.15) is 5.10 Å². The Morgan fingerprint density at radius 3 is 2.46 bits per heavy atom. The summed E-state index contributed by atoms with van der Waals surface area (Å²) in [7, 11) is 0. The summed E-state index contributed by atoms with van der Waals surface area (Å²) in [5, 5.41) is 12.7. The summed E-state index contributed by atoms with van der Waals surface area (Å²) in [6.07, 6.45) is 1.85. The molecule has 0 unspecified atom stereocenters. The van der Waals surface area contributed by atoms with E-state index in [-0.39, 0.29) is 0 Å². The second-order valence-corrected chi connectivity index (χ2v) is 7.89. The zero-order valence-corrected chi connectivity index (χ0v) is 17.8.